The van der Waals surface area contributed by atoms with E-state index in [2.05, 4.69) is 10.2 Å². The first-order chi connectivity index (χ1) is 8.63. The zero-order valence-corrected chi connectivity index (χ0v) is 11.0. The minimum atomic E-state index is -0.0326. The van der Waals surface area contributed by atoms with Crippen LogP contribution in [-0.4, -0.2) is 31.1 Å². The number of carbonyl (C=O) groups is 1. The van der Waals surface area contributed by atoms with E-state index in [1.54, 1.807) is 0 Å². The molecule has 0 radical (unpaired) electrons. The van der Waals surface area contributed by atoms with Crippen molar-refractivity contribution in [2.75, 3.05) is 23.7 Å². The molecule has 1 aliphatic heterocycles. The molecule has 2 fully saturated rings. The van der Waals surface area contributed by atoms with Gasteiger partial charge in [-0.15, -0.1) is 11.3 Å². The number of nitrogen functional groups attached to an aromatic ring is 1. The van der Waals surface area contributed by atoms with Crippen molar-refractivity contribution in [2.24, 2.45) is 5.73 Å². The summed E-state index contributed by atoms with van der Waals surface area (Å²) in [6, 6.07) is 2.49. The van der Waals surface area contributed by atoms with Crippen molar-refractivity contribution in [3.05, 3.63) is 10.9 Å². The van der Waals surface area contributed by atoms with E-state index in [0.29, 0.717) is 16.6 Å². The standard InChI is InChI=1S/C12H18N4OS/c13-7-3-4-16(6-7)10-5-9(14)11(18-10)12(17)15-8-1-2-8/h5,7-8H,1-4,6,13-14H2,(H,15,17). The van der Waals surface area contributed by atoms with Crippen molar-refractivity contribution in [3.63, 3.8) is 0 Å². The Morgan fingerprint density at radius 2 is 2.22 bits per heavy atom. The lowest BCUT2D eigenvalue weighted by Crippen LogP contribution is -2.26. The molecule has 1 aromatic rings. The lowest BCUT2D eigenvalue weighted by Gasteiger charge is -2.14. The Morgan fingerprint density at radius 3 is 2.83 bits per heavy atom. The summed E-state index contributed by atoms with van der Waals surface area (Å²) in [4.78, 5) is 14.8. The maximum Gasteiger partial charge on any atom is 0.263 e. The number of hydrogen-bond donors (Lipinski definition) is 3. The summed E-state index contributed by atoms with van der Waals surface area (Å²) in [5, 5.41) is 4.03. The molecule has 1 saturated heterocycles. The Labute approximate surface area is 110 Å². The molecule has 1 aliphatic carbocycles. The van der Waals surface area contributed by atoms with Crippen molar-refractivity contribution in [2.45, 2.75) is 31.3 Å². The number of amides is 1. The third-order valence-corrected chi connectivity index (χ3v) is 4.61. The number of thiophene rings is 1. The van der Waals surface area contributed by atoms with E-state index < -0.39 is 0 Å². The molecule has 18 heavy (non-hydrogen) atoms. The van der Waals surface area contributed by atoms with E-state index in [4.69, 9.17) is 11.5 Å². The number of nitrogens with zero attached hydrogens (tertiary/aromatic N) is 1. The van der Waals surface area contributed by atoms with Crippen LogP contribution in [0.3, 0.4) is 0 Å². The average molecular weight is 266 g/mol. The zero-order chi connectivity index (χ0) is 12.7. The lowest BCUT2D eigenvalue weighted by molar-refractivity contribution is 0.0956. The average Bonchev–Trinajstić information content (AvgIpc) is 2.87. The fourth-order valence-electron chi connectivity index (χ4n) is 2.19. The fourth-order valence-corrected chi connectivity index (χ4v) is 3.21. The van der Waals surface area contributed by atoms with Gasteiger partial charge in [0.15, 0.2) is 0 Å². The van der Waals surface area contributed by atoms with Crippen LogP contribution in [0, 0.1) is 0 Å². The van der Waals surface area contributed by atoms with Gasteiger partial charge in [0, 0.05) is 25.2 Å². The minimum absolute atomic E-state index is 0.0326. The highest BCUT2D eigenvalue weighted by atomic mass is 32.1. The van der Waals surface area contributed by atoms with E-state index in [9.17, 15) is 4.79 Å². The second-order valence-electron chi connectivity index (χ2n) is 5.11. The highest BCUT2D eigenvalue weighted by Crippen LogP contribution is 2.34. The second kappa shape index (κ2) is 4.44. The number of nitrogens with two attached hydrogens (primary N) is 2. The zero-order valence-electron chi connectivity index (χ0n) is 10.2. The van der Waals surface area contributed by atoms with Gasteiger partial charge < -0.3 is 21.7 Å². The number of rotatable bonds is 3. The summed E-state index contributed by atoms with van der Waals surface area (Å²) >= 11 is 1.47. The highest BCUT2D eigenvalue weighted by Gasteiger charge is 2.27. The van der Waals surface area contributed by atoms with Gasteiger partial charge in [0.2, 0.25) is 0 Å². The van der Waals surface area contributed by atoms with Crippen LogP contribution in [0.4, 0.5) is 10.7 Å². The van der Waals surface area contributed by atoms with E-state index in [-0.39, 0.29) is 11.9 Å². The molecule has 0 aromatic carbocycles. The van der Waals surface area contributed by atoms with Crippen LogP contribution in [0.15, 0.2) is 6.07 Å². The van der Waals surface area contributed by atoms with Crippen molar-refractivity contribution < 1.29 is 4.79 Å². The predicted molar refractivity (Wildman–Crippen MR) is 74.0 cm³/mol. The minimum Gasteiger partial charge on any atom is -0.397 e. The van der Waals surface area contributed by atoms with Crippen LogP contribution in [0.25, 0.3) is 0 Å². The van der Waals surface area contributed by atoms with Crippen molar-refractivity contribution in [1.82, 2.24) is 5.32 Å². The number of nitrogens with one attached hydrogen (secondary N) is 1. The molecule has 1 atom stereocenters. The van der Waals surface area contributed by atoms with E-state index in [1.807, 2.05) is 6.07 Å². The Kier molecular flexibility index (Phi) is 2.91. The smallest absolute Gasteiger partial charge is 0.263 e. The molecule has 5 N–H and O–H groups in total. The molecule has 1 aromatic heterocycles. The Bertz CT molecular complexity index is 469. The third kappa shape index (κ3) is 2.30. The molecule has 3 rings (SSSR count). The van der Waals surface area contributed by atoms with Crippen LogP contribution in [-0.2, 0) is 0 Å². The highest BCUT2D eigenvalue weighted by molar-refractivity contribution is 7.18. The molecule has 2 aliphatic rings. The van der Waals surface area contributed by atoms with Crippen molar-refractivity contribution in [3.8, 4) is 0 Å². The first-order valence-corrected chi connectivity index (χ1v) is 7.16. The van der Waals surface area contributed by atoms with Crippen LogP contribution < -0.4 is 21.7 Å². The molecule has 5 nitrogen and oxygen atoms in total. The van der Waals surface area contributed by atoms with Gasteiger partial charge in [-0.2, -0.15) is 0 Å². The normalized spacial score (nSPS) is 23.4. The maximum atomic E-state index is 12.0. The van der Waals surface area contributed by atoms with Crippen molar-refractivity contribution in [1.29, 1.82) is 0 Å². The molecule has 98 valence electrons. The summed E-state index contributed by atoms with van der Waals surface area (Å²) in [5.74, 6) is -0.0326. The van der Waals surface area contributed by atoms with Crippen LogP contribution in [0.2, 0.25) is 0 Å². The van der Waals surface area contributed by atoms with Gasteiger partial charge in [-0.1, -0.05) is 0 Å². The first kappa shape index (κ1) is 11.8. The van der Waals surface area contributed by atoms with Crippen LogP contribution in [0.1, 0.15) is 28.9 Å². The molecule has 0 spiro atoms. The summed E-state index contributed by atoms with van der Waals surface area (Å²) in [6.45, 7) is 1.80. The number of carbonyl (C=O) groups excluding carboxylic acids is 1. The van der Waals surface area contributed by atoms with Gasteiger partial charge in [-0.05, 0) is 25.3 Å². The van der Waals surface area contributed by atoms with Gasteiger partial charge in [-0.25, -0.2) is 0 Å². The quantitative estimate of drug-likeness (QED) is 0.754. The molecule has 6 heteroatoms. The lowest BCUT2D eigenvalue weighted by atomic mass is 10.3. The Hall–Kier alpha value is -1.27. The summed E-state index contributed by atoms with van der Waals surface area (Å²) in [5.41, 5.74) is 12.4. The largest absolute Gasteiger partial charge is 0.397 e. The maximum absolute atomic E-state index is 12.0. The monoisotopic (exact) mass is 266 g/mol. The fraction of sp³-hybridized carbons (Fsp3) is 0.583. The third-order valence-electron chi connectivity index (χ3n) is 3.40. The summed E-state index contributed by atoms with van der Waals surface area (Å²) in [7, 11) is 0. The topological polar surface area (TPSA) is 84.4 Å². The molecule has 1 unspecified atom stereocenters. The SMILES string of the molecule is Nc1cc(N2CCC(N)C2)sc1C(=O)NC1CC1. The van der Waals surface area contributed by atoms with Crippen LogP contribution in [0.5, 0.6) is 0 Å². The van der Waals surface area contributed by atoms with Gasteiger partial charge >= 0.3 is 0 Å². The number of anilines is 2. The first-order valence-electron chi connectivity index (χ1n) is 6.34. The molecule has 2 heterocycles. The molecular formula is C12H18N4OS. The van der Waals surface area contributed by atoms with E-state index in [0.717, 1.165) is 37.4 Å². The summed E-state index contributed by atoms with van der Waals surface area (Å²) in [6.07, 6.45) is 3.18. The van der Waals surface area contributed by atoms with Gasteiger partial charge in [0.25, 0.3) is 5.91 Å². The molecule has 1 saturated carbocycles. The van der Waals surface area contributed by atoms with Gasteiger partial charge in [0.1, 0.15) is 4.88 Å². The number of hydrogen-bond acceptors (Lipinski definition) is 5. The van der Waals surface area contributed by atoms with E-state index in [1.165, 1.54) is 11.3 Å². The second-order valence-corrected chi connectivity index (χ2v) is 6.14. The van der Waals surface area contributed by atoms with Gasteiger partial charge in [0.05, 0.1) is 10.7 Å². The van der Waals surface area contributed by atoms with E-state index >= 15 is 0 Å². The van der Waals surface area contributed by atoms with Crippen LogP contribution >= 0.6 is 11.3 Å². The summed E-state index contributed by atoms with van der Waals surface area (Å²) < 4.78 is 0. The Morgan fingerprint density at radius 1 is 1.44 bits per heavy atom. The molecule has 0 bridgehead atoms. The Balaban J connectivity index is 1.75. The van der Waals surface area contributed by atoms with Gasteiger partial charge in [-0.3, -0.25) is 4.79 Å². The molecule has 1 amide bonds. The predicted octanol–water partition coefficient (Wildman–Crippen LogP) is 0.760. The molecular weight excluding hydrogens is 248 g/mol. The van der Waals surface area contributed by atoms with Crippen molar-refractivity contribution >= 4 is 27.9 Å².